The Morgan fingerprint density at radius 1 is 0.905 bits per heavy atom. The Kier molecular flexibility index (Phi) is 3.19. The minimum Gasteiger partial charge on any atom is -0.381 e. The number of hydrogen-bond acceptors (Lipinski definition) is 2. The summed E-state index contributed by atoms with van der Waals surface area (Å²) in [7, 11) is 0. The van der Waals surface area contributed by atoms with Gasteiger partial charge in [-0.25, -0.2) is 0 Å². The van der Waals surface area contributed by atoms with Gasteiger partial charge in [-0.1, -0.05) is 36.4 Å². The Balaban J connectivity index is 1.85. The van der Waals surface area contributed by atoms with Crippen LogP contribution in [0.3, 0.4) is 0 Å². The van der Waals surface area contributed by atoms with Crippen molar-refractivity contribution in [2.24, 2.45) is 0 Å². The summed E-state index contributed by atoms with van der Waals surface area (Å²) in [6.07, 6.45) is 2.44. The van der Waals surface area contributed by atoms with Crippen molar-refractivity contribution in [1.29, 1.82) is 0 Å². The third kappa shape index (κ3) is 2.14. The van der Waals surface area contributed by atoms with Crippen molar-refractivity contribution in [3.05, 3.63) is 53.6 Å². The molecule has 2 N–H and O–H groups in total. The largest absolute Gasteiger partial charge is 0.381 e. The molecule has 21 heavy (non-hydrogen) atoms. The van der Waals surface area contributed by atoms with Gasteiger partial charge in [0, 0.05) is 17.6 Å². The van der Waals surface area contributed by atoms with Crippen molar-refractivity contribution in [3.8, 4) is 11.1 Å². The summed E-state index contributed by atoms with van der Waals surface area (Å²) in [6.45, 7) is 4.47. The first-order valence-corrected chi connectivity index (χ1v) is 8.01. The number of rotatable bonds is 1. The van der Waals surface area contributed by atoms with E-state index in [1.807, 2.05) is 0 Å². The smallest absolute Gasteiger partial charge is 0.0384 e. The molecule has 0 aliphatic carbocycles. The molecule has 0 spiro atoms. The Hall–Kier alpha value is -1.80. The van der Waals surface area contributed by atoms with E-state index in [-0.39, 0.29) is 0 Å². The third-order valence-corrected chi connectivity index (χ3v) is 5.00. The molecule has 2 aliphatic heterocycles. The molecule has 2 heteroatoms. The van der Waals surface area contributed by atoms with Crippen molar-refractivity contribution < 1.29 is 0 Å². The number of anilines is 1. The first-order valence-electron chi connectivity index (χ1n) is 8.01. The summed E-state index contributed by atoms with van der Waals surface area (Å²) in [5.74, 6) is 0.644. The van der Waals surface area contributed by atoms with E-state index in [1.165, 1.54) is 35.2 Å². The van der Waals surface area contributed by atoms with Crippen LogP contribution in [-0.2, 0) is 0 Å². The Bertz CT molecular complexity index is 662. The minimum absolute atomic E-state index is 0.597. The summed E-state index contributed by atoms with van der Waals surface area (Å²) >= 11 is 0. The molecule has 2 nitrogen and oxygen atoms in total. The van der Waals surface area contributed by atoms with Crippen LogP contribution in [0.5, 0.6) is 0 Å². The van der Waals surface area contributed by atoms with Gasteiger partial charge in [-0.3, -0.25) is 0 Å². The highest BCUT2D eigenvalue weighted by molar-refractivity contribution is 5.79. The number of hydrogen-bond donors (Lipinski definition) is 2. The van der Waals surface area contributed by atoms with Gasteiger partial charge in [0.1, 0.15) is 0 Å². The lowest BCUT2D eigenvalue weighted by Crippen LogP contribution is -2.21. The SMILES string of the molecule is Cc1ccccc1-c1cccc2c1[C@H]1CCNCC[C@@H]1N2. The molecule has 0 amide bonds. The summed E-state index contributed by atoms with van der Waals surface area (Å²) in [5, 5.41) is 7.30. The van der Waals surface area contributed by atoms with Crippen LogP contribution in [0.15, 0.2) is 42.5 Å². The highest BCUT2D eigenvalue weighted by Gasteiger charge is 2.34. The van der Waals surface area contributed by atoms with Crippen LogP contribution in [0, 0.1) is 6.92 Å². The van der Waals surface area contributed by atoms with E-state index in [2.05, 4.69) is 60.0 Å². The predicted octanol–water partition coefficient (Wildman–Crippen LogP) is 3.92. The lowest BCUT2D eigenvalue weighted by Gasteiger charge is -2.18. The van der Waals surface area contributed by atoms with Gasteiger partial charge < -0.3 is 10.6 Å². The molecule has 0 unspecified atom stereocenters. The molecule has 0 saturated carbocycles. The summed E-state index contributed by atoms with van der Waals surface area (Å²) in [4.78, 5) is 0. The highest BCUT2D eigenvalue weighted by Crippen LogP contribution is 2.45. The van der Waals surface area contributed by atoms with E-state index in [4.69, 9.17) is 0 Å². The Morgan fingerprint density at radius 3 is 2.62 bits per heavy atom. The van der Waals surface area contributed by atoms with Crippen LogP contribution in [-0.4, -0.2) is 19.1 Å². The molecule has 4 rings (SSSR count). The normalized spacial score (nSPS) is 23.9. The molecule has 1 saturated heterocycles. The maximum atomic E-state index is 3.77. The number of nitrogens with one attached hydrogen (secondary N) is 2. The van der Waals surface area contributed by atoms with Gasteiger partial charge in [0.2, 0.25) is 0 Å². The Labute approximate surface area is 126 Å². The number of benzene rings is 2. The molecular formula is C19H22N2. The van der Waals surface area contributed by atoms with Gasteiger partial charge in [-0.05, 0) is 61.2 Å². The predicted molar refractivity (Wildman–Crippen MR) is 88.9 cm³/mol. The van der Waals surface area contributed by atoms with Crippen molar-refractivity contribution in [3.63, 3.8) is 0 Å². The minimum atomic E-state index is 0.597. The van der Waals surface area contributed by atoms with E-state index >= 15 is 0 Å². The van der Waals surface area contributed by atoms with Gasteiger partial charge in [-0.2, -0.15) is 0 Å². The van der Waals surface area contributed by atoms with Crippen molar-refractivity contribution >= 4 is 5.69 Å². The van der Waals surface area contributed by atoms with Crippen LogP contribution in [0.4, 0.5) is 5.69 Å². The van der Waals surface area contributed by atoms with E-state index in [0.717, 1.165) is 13.1 Å². The lowest BCUT2D eigenvalue weighted by atomic mass is 9.85. The second kappa shape index (κ2) is 5.19. The zero-order valence-electron chi connectivity index (χ0n) is 12.5. The monoisotopic (exact) mass is 278 g/mol. The average Bonchev–Trinajstić information content (AvgIpc) is 2.70. The van der Waals surface area contributed by atoms with Crippen molar-refractivity contribution in [2.75, 3.05) is 18.4 Å². The van der Waals surface area contributed by atoms with Crippen molar-refractivity contribution in [1.82, 2.24) is 5.32 Å². The molecule has 1 fully saturated rings. The van der Waals surface area contributed by atoms with E-state index in [0.29, 0.717) is 12.0 Å². The fraction of sp³-hybridized carbons (Fsp3) is 0.368. The summed E-state index contributed by atoms with van der Waals surface area (Å²) in [5.41, 5.74) is 7.07. The van der Waals surface area contributed by atoms with Gasteiger partial charge >= 0.3 is 0 Å². The summed E-state index contributed by atoms with van der Waals surface area (Å²) in [6, 6.07) is 16.1. The molecule has 0 aromatic heterocycles. The molecule has 2 heterocycles. The van der Waals surface area contributed by atoms with Crippen LogP contribution in [0.25, 0.3) is 11.1 Å². The average molecular weight is 278 g/mol. The topological polar surface area (TPSA) is 24.1 Å². The van der Waals surface area contributed by atoms with Gasteiger partial charge in [0.05, 0.1) is 0 Å². The lowest BCUT2D eigenvalue weighted by molar-refractivity contribution is 0.579. The highest BCUT2D eigenvalue weighted by atomic mass is 15.0. The van der Waals surface area contributed by atoms with Crippen LogP contribution in [0.2, 0.25) is 0 Å². The second-order valence-electron chi connectivity index (χ2n) is 6.27. The molecule has 2 atom stereocenters. The van der Waals surface area contributed by atoms with Crippen LogP contribution in [0.1, 0.15) is 29.9 Å². The van der Waals surface area contributed by atoms with E-state index < -0.39 is 0 Å². The third-order valence-electron chi connectivity index (χ3n) is 5.00. The van der Waals surface area contributed by atoms with E-state index in [1.54, 1.807) is 5.56 Å². The molecule has 2 aromatic carbocycles. The molecule has 2 aliphatic rings. The fourth-order valence-corrected chi connectivity index (χ4v) is 3.96. The quantitative estimate of drug-likeness (QED) is 0.826. The zero-order chi connectivity index (χ0) is 14.2. The standard InChI is InChI=1S/C19H22N2/c1-13-5-2-3-6-14(13)15-7-4-8-18-19(15)16-9-11-20-12-10-17(16)21-18/h2-8,16-17,20-21H,9-12H2,1H3/t16-,17-/m0/s1. The second-order valence-corrected chi connectivity index (χ2v) is 6.27. The van der Waals surface area contributed by atoms with Crippen LogP contribution >= 0.6 is 0 Å². The molecule has 0 bridgehead atoms. The molecule has 0 radical (unpaired) electrons. The molecule has 108 valence electrons. The van der Waals surface area contributed by atoms with Gasteiger partial charge in [0.15, 0.2) is 0 Å². The zero-order valence-corrected chi connectivity index (χ0v) is 12.5. The number of fused-ring (bicyclic) bond motifs is 3. The van der Waals surface area contributed by atoms with Crippen molar-refractivity contribution in [2.45, 2.75) is 31.7 Å². The first-order chi connectivity index (χ1) is 10.3. The molecular weight excluding hydrogens is 256 g/mol. The maximum Gasteiger partial charge on any atom is 0.0384 e. The molecule has 2 aromatic rings. The Morgan fingerprint density at radius 2 is 1.71 bits per heavy atom. The fourth-order valence-electron chi connectivity index (χ4n) is 3.96. The van der Waals surface area contributed by atoms with Crippen LogP contribution < -0.4 is 10.6 Å². The van der Waals surface area contributed by atoms with Gasteiger partial charge in [-0.15, -0.1) is 0 Å². The van der Waals surface area contributed by atoms with Gasteiger partial charge in [0.25, 0.3) is 0 Å². The maximum absolute atomic E-state index is 3.77. The summed E-state index contributed by atoms with van der Waals surface area (Å²) < 4.78 is 0. The van der Waals surface area contributed by atoms with E-state index in [9.17, 15) is 0 Å². The first kappa shape index (κ1) is 12.9. The number of aryl methyl sites for hydroxylation is 1.